The van der Waals surface area contributed by atoms with Crippen LogP contribution in [0.15, 0.2) is 78.9 Å². The fraction of sp³-hybridized carbons (Fsp3) is 0.387. The molecule has 0 bridgehead atoms. The van der Waals surface area contributed by atoms with Gasteiger partial charge in [0, 0.05) is 19.4 Å². The smallest absolute Gasteiger partial charge is 0.458 e. The minimum Gasteiger partial charge on any atom is -0.458 e. The number of halogens is 4. The zero-order valence-electron chi connectivity index (χ0n) is 24.1. The number of aromatic nitrogens is 2. The van der Waals surface area contributed by atoms with Gasteiger partial charge in [-0.15, -0.1) is 0 Å². The zero-order valence-corrected chi connectivity index (χ0v) is 24.1. The van der Waals surface area contributed by atoms with E-state index < -0.39 is 12.9 Å². The van der Waals surface area contributed by atoms with E-state index in [0.717, 1.165) is 49.2 Å². The molecule has 1 unspecified atom stereocenters. The van der Waals surface area contributed by atoms with Gasteiger partial charge in [-0.1, -0.05) is 42.0 Å². The van der Waals surface area contributed by atoms with E-state index in [2.05, 4.69) is 23.1 Å². The fourth-order valence-corrected chi connectivity index (χ4v) is 6.35. The van der Waals surface area contributed by atoms with Gasteiger partial charge < -0.3 is 26.9 Å². The summed E-state index contributed by atoms with van der Waals surface area (Å²) in [7, 11) is -4.04. The molecule has 1 amide bonds. The SMILES string of the molecule is C[n+]1ccn(CCOC(=O)c2ccc3c(c2)N2C(=O)CCC2(c2ccccc2)N3CCC2=CCCCC2)c1.F[B-](F)(F)F. The molecule has 6 rings (SSSR count). The summed E-state index contributed by atoms with van der Waals surface area (Å²) in [5.74, 6) is -0.271. The van der Waals surface area contributed by atoms with E-state index in [1.807, 2.05) is 76.2 Å². The van der Waals surface area contributed by atoms with Gasteiger partial charge in [0.2, 0.25) is 12.2 Å². The number of esters is 1. The van der Waals surface area contributed by atoms with Crippen LogP contribution in [0.4, 0.5) is 28.6 Å². The predicted octanol–water partition coefficient (Wildman–Crippen LogP) is 6.16. The molecule has 0 radical (unpaired) electrons. The summed E-state index contributed by atoms with van der Waals surface area (Å²) in [6, 6.07) is 16.1. The van der Waals surface area contributed by atoms with Crippen molar-refractivity contribution < 1.29 is 36.2 Å². The summed E-state index contributed by atoms with van der Waals surface area (Å²) < 4.78 is 48.5. The minimum atomic E-state index is -6.00. The Morgan fingerprint density at radius 3 is 2.47 bits per heavy atom. The first kappa shape index (κ1) is 30.4. The first-order chi connectivity index (χ1) is 20.6. The maximum Gasteiger partial charge on any atom is 0.673 e. The average Bonchev–Trinajstić information content (AvgIpc) is 3.64. The highest BCUT2D eigenvalue weighted by atomic mass is 19.5. The standard InChI is InChI=1S/C31H35N4O3.BF4/c1-32-18-19-33(23-32)20-21-38-30(37)25-12-13-27-28(22-25)35-29(36)14-16-31(35,26-10-6-3-7-11-26)34(27)17-15-24-8-4-2-5-9-24;2-1(3,4)5/h3,6-8,10-13,18-19,22-23H,2,4-5,9,14-17,20-21H2,1H3;/q+1;-1. The van der Waals surface area contributed by atoms with Crippen LogP contribution >= 0.6 is 0 Å². The molecule has 1 atom stereocenters. The Balaban J connectivity index is 0.000000682. The lowest BCUT2D eigenvalue weighted by molar-refractivity contribution is -0.671. The second kappa shape index (κ2) is 12.6. The minimum absolute atomic E-state index is 0.0977. The Labute approximate surface area is 248 Å². The molecule has 7 nitrogen and oxygen atoms in total. The van der Waals surface area contributed by atoms with Gasteiger partial charge >= 0.3 is 13.2 Å². The summed E-state index contributed by atoms with van der Waals surface area (Å²) in [4.78, 5) is 30.8. The summed E-state index contributed by atoms with van der Waals surface area (Å²) in [5.41, 5.74) is 4.35. The van der Waals surface area contributed by atoms with Gasteiger partial charge in [-0.2, -0.15) is 0 Å². The highest BCUT2D eigenvalue weighted by Crippen LogP contribution is 2.56. The zero-order chi connectivity index (χ0) is 30.6. The summed E-state index contributed by atoms with van der Waals surface area (Å²) >= 11 is 0. The largest absolute Gasteiger partial charge is 0.673 e. The van der Waals surface area contributed by atoms with Crippen LogP contribution in [0, 0.1) is 0 Å². The summed E-state index contributed by atoms with van der Waals surface area (Å²) in [6.07, 6.45) is 15.3. The molecular weight excluding hydrogens is 563 g/mol. The molecule has 1 aromatic heterocycles. The van der Waals surface area contributed by atoms with E-state index in [9.17, 15) is 26.9 Å². The van der Waals surface area contributed by atoms with Crippen molar-refractivity contribution in [1.82, 2.24) is 4.57 Å². The number of hydrogen-bond acceptors (Lipinski definition) is 4. The van der Waals surface area contributed by atoms with Crippen molar-refractivity contribution in [2.45, 2.75) is 57.2 Å². The van der Waals surface area contributed by atoms with Crippen LogP contribution in [-0.4, -0.2) is 36.8 Å². The van der Waals surface area contributed by atoms with Gasteiger partial charge in [0.05, 0.1) is 24.0 Å². The van der Waals surface area contributed by atoms with Crippen LogP contribution in [0.1, 0.15) is 60.9 Å². The Hall–Kier alpha value is -4.09. The fourth-order valence-electron chi connectivity index (χ4n) is 6.35. The molecule has 1 fully saturated rings. The first-order valence-electron chi connectivity index (χ1n) is 14.6. The first-order valence-corrected chi connectivity index (χ1v) is 14.6. The van der Waals surface area contributed by atoms with Crippen LogP contribution in [0.5, 0.6) is 0 Å². The van der Waals surface area contributed by atoms with Crippen molar-refractivity contribution >= 4 is 30.5 Å². The van der Waals surface area contributed by atoms with E-state index in [0.29, 0.717) is 18.5 Å². The number of rotatable bonds is 8. The Morgan fingerprint density at radius 1 is 1.02 bits per heavy atom. The molecule has 3 aromatic rings. The monoisotopic (exact) mass is 598 g/mol. The van der Waals surface area contributed by atoms with Gasteiger partial charge in [-0.3, -0.25) is 9.69 Å². The molecule has 0 spiro atoms. The van der Waals surface area contributed by atoms with Gasteiger partial charge in [-0.05, 0) is 55.9 Å². The molecule has 2 aromatic carbocycles. The van der Waals surface area contributed by atoms with Crippen LogP contribution in [0.25, 0.3) is 0 Å². The van der Waals surface area contributed by atoms with Crippen molar-refractivity contribution in [1.29, 1.82) is 0 Å². The molecule has 1 aliphatic carbocycles. The quantitative estimate of drug-likeness (QED) is 0.103. The molecule has 2 aliphatic heterocycles. The number of carbonyl (C=O) groups excluding carboxylic acids is 2. The molecule has 228 valence electrons. The van der Waals surface area contributed by atoms with Crippen LogP contribution < -0.4 is 14.4 Å². The number of allylic oxidation sites excluding steroid dienone is 1. The average molecular weight is 598 g/mol. The number of ether oxygens (including phenoxy) is 1. The number of imidazole rings is 1. The summed E-state index contributed by atoms with van der Waals surface area (Å²) in [5, 5.41) is 0. The molecule has 43 heavy (non-hydrogen) atoms. The number of anilines is 2. The second-order valence-corrected chi connectivity index (χ2v) is 11.1. The molecule has 0 N–H and O–H groups in total. The number of fused-ring (bicyclic) bond motifs is 3. The van der Waals surface area contributed by atoms with Crippen LogP contribution in [0.3, 0.4) is 0 Å². The Bertz CT molecular complexity index is 1490. The molecule has 0 saturated carbocycles. The Kier molecular flexibility index (Phi) is 8.93. The molecule has 1 saturated heterocycles. The third-order valence-corrected chi connectivity index (χ3v) is 8.18. The topological polar surface area (TPSA) is 58.7 Å². The number of amides is 1. The maximum absolute atomic E-state index is 13.4. The Morgan fingerprint density at radius 2 is 1.79 bits per heavy atom. The number of carbonyl (C=O) groups is 2. The number of benzene rings is 2. The molecule has 12 heteroatoms. The maximum atomic E-state index is 13.4. The number of hydrogen-bond donors (Lipinski definition) is 0. The lowest BCUT2D eigenvalue weighted by Gasteiger charge is -2.41. The van der Waals surface area contributed by atoms with E-state index in [1.165, 1.54) is 18.4 Å². The lowest BCUT2D eigenvalue weighted by atomic mass is 9.93. The van der Waals surface area contributed by atoms with Gasteiger partial charge in [0.15, 0.2) is 0 Å². The van der Waals surface area contributed by atoms with Crippen molar-refractivity contribution in [2.24, 2.45) is 7.05 Å². The predicted molar refractivity (Wildman–Crippen MR) is 156 cm³/mol. The van der Waals surface area contributed by atoms with Crippen molar-refractivity contribution in [3.8, 4) is 0 Å². The van der Waals surface area contributed by atoms with E-state index in [4.69, 9.17) is 4.74 Å². The van der Waals surface area contributed by atoms with Crippen LogP contribution in [0.2, 0.25) is 0 Å². The van der Waals surface area contributed by atoms with E-state index in [-0.39, 0.29) is 18.5 Å². The van der Waals surface area contributed by atoms with Gasteiger partial charge in [-0.25, -0.2) is 13.9 Å². The molecular formula is C31H35BF4N4O3. The highest BCUT2D eigenvalue weighted by Gasteiger charge is 2.57. The number of nitrogens with zero attached hydrogens (tertiary/aromatic N) is 4. The third-order valence-electron chi connectivity index (χ3n) is 8.18. The highest BCUT2D eigenvalue weighted by molar-refractivity contribution is 6.50. The summed E-state index contributed by atoms with van der Waals surface area (Å²) in [6.45, 7) is 1.70. The molecule has 3 heterocycles. The van der Waals surface area contributed by atoms with Crippen molar-refractivity contribution in [3.05, 3.63) is 90.0 Å². The van der Waals surface area contributed by atoms with Gasteiger partial charge in [0.1, 0.15) is 31.2 Å². The third kappa shape index (κ3) is 6.78. The van der Waals surface area contributed by atoms with E-state index in [1.54, 1.807) is 0 Å². The van der Waals surface area contributed by atoms with Gasteiger partial charge in [0.25, 0.3) is 0 Å². The molecule has 3 aliphatic rings. The van der Waals surface area contributed by atoms with Crippen LogP contribution in [-0.2, 0) is 28.8 Å². The van der Waals surface area contributed by atoms with Crippen molar-refractivity contribution in [2.75, 3.05) is 23.0 Å². The number of aryl methyl sites for hydroxylation is 1. The van der Waals surface area contributed by atoms with E-state index >= 15 is 0 Å². The normalized spacial score (nSPS) is 19.4. The second-order valence-electron chi connectivity index (χ2n) is 11.1. The lowest BCUT2D eigenvalue weighted by Crippen LogP contribution is -2.52. The van der Waals surface area contributed by atoms with Crippen molar-refractivity contribution in [3.63, 3.8) is 0 Å².